The van der Waals surface area contributed by atoms with Crippen molar-refractivity contribution < 1.29 is 0 Å². The van der Waals surface area contributed by atoms with E-state index in [0.717, 1.165) is 23.9 Å². The van der Waals surface area contributed by atoms with Crippen molar-refractivity contribution in [1.29, 1.82) is 0 Å². The topological polar surface area (TPSA) is 15.3 Å². The molecule has 2 aliphatic rings. The molecule has 0 spiro atoms. The molecule has 1 aliphatic carbocycles. The highest BCUT2D eigenvalue weighted by Crippen LogP contribution is 2.34. The zero-order valence-corrected chi connectivity index (χ0v) is 13.5. The summed E-state index contributed by atoms with van der Waals surface area (Å²) in [5, 5.41) is 4.00. The molecular formula is C17H34N2. The van der Waals surface area contributed by atoms with E-state index in [1.165, 1.54) is 51.6 Å². The van der Waals surface area contributed by atoms with Gasteiger partial charge in [0.2, 0.25) is 0 Å². The maximum atomic E-state index is 4.00. The second-order valence-electron chi connectivity index (χ2n) is 7.14. The Labute approximate surface area is 120 Å². The molecule has 4 atom stereocenters. The van der Waals surface area contributed by atoms with Crippen LogP contribution in [0.2, 0.25) is 0 Å². The van der Waals surface area contributed by atoms with Gasteiger partial charge >= 0.3 is 0 Å². The van der Waals surface area contributed by atoms with Gasteiger partial charge in [-0.1, -0.05) is 20.3 Å². The third kappa shape index (κ3) is 3.95. The molecule has 0 aromatic heterocycles. The Morgan fingerprint density at radius 2 is 1.89 bits per heavy atom. The van der Waals surface area contributed by atoms with E-state index in [1.807, 2.05) is 0 Å². The molecule has 0 aromatic rings. The van der Waals surface area contributed by atoms with Crippen LogP contribution in [0.4, 0.5) is 0 Å². The van der Waals surface area contributed by atoms with Crippen molar-refractivity contribution in [3.8, 4) is 0 Å². The molecule has 4 unspecified atom stereocenters. The predicted octanol–water partition coefficient (Wildman–Crippen LogP) is 3.66. The van der Waals surface area contributed by atoms with E-state index in [-0.39, 0.29) is 0 Å². The largest absolute Gasteiger partial charge is 0.311 e. The van der Waals surface area contributed by atoms with Gasteiger partial charge in [0.25, 0.3) is 0 Å². The molecule has 1 saturated heterocycles. The maximum Gasteiger partial charge on any atom is 0.00980 e. The molecule has 19 heavy (non-hydrogen) atoms. The van der Waals surface area contributed by atoms with Crippen LogP contribution in [-0.2, 0) is 0 Å². The lowest BCUT2D eigenvalue weighted by Gasteiger charge is -2.27. The molecule has 2 heteroatoms. The molecule has 1 aliphatic heterocycles. The number of hydrogen-bond donors (Lipinski definition) is 1. The summed E-state index contributed by atoms with van der Waals surface area (Å²) in [7, 11) is 0. The first-order valence-corrected chi connectivity index (χ1v) is 8.62. The second-order valence-corrected chi connectivity index (χ2v) is 7.14. The number of nitrogens with one attached hydrogen (secondary N) is 1. The van der Waals surface area contributed by atoms with Gasteiger partial charge in [-0.05, 0) is 70.9 Å². The normalized spacial score (nSPS) is 37.7. The Bertz CT molecular complexity index is 264. The fourth-order valence-corrected chi connectivity index (χ4v) is 4.16. The minimum Gasteiger partial charge on any atom is -0.311 e. The molecule has 0 amide bonds. The van der Waals surface area contributed by atoms with Gasteiger partial charge in [0.05, 0.1) is 0 Å². The van der Waals surface area contributed by atoms with Gasteiger partial charge in [-0.3, -0.25) is 0 Å². The van der Waals surface area contributed by atoms with Crippen molar-refractivity contribution in [3.63, 3.8) is 0 Å². The molecule has 2 rings (SSSR count). The van der Waals surface area contributed by atoms with Gasteiger partial charge in [0.15, 0.2) is 0 Å². The summed E-state index contributed by atoms with van der Waals surface area (Å²) in [6, 6.07) is 2.28. The summed E-state index contributed by atoms with van der Waals surface area (Å²) in [6.45, 7) is 12.1. The molecule has 0 aromatic carbocycles. The zero-order chi connectivity index (χ0) is 13.8. The van der Waals surface area contributed by atoms with E-state index in [1.54, 1.807) is 0 Å². The highest BCUT2D eigenvalue weighted by molar-refractivity contribution is 4.89. The highest BCUT2D eigenvalue weighted by atomic mass is 15.2. The molecular weight excluding hydrogens is 232 g/mol. The minimum atomic E-state index is 0.716. The minimum absolute atomic E-state index is 0.716. The average Bonchev–Trinajstić information content (AvgIpc) is 2.61. The second kappa shape index (κ2) is 7.08. The third-order valence-electron chi connectivity index (χ3n) is 5.69. The van der Waals surface area contributed by atoms with Crippen LogP contribution in [0.1, 0.15) is 66.2 Å². The molecule has 2 nitrogen and oxygen atoms in total. The number of rotatable bonds is 4. The van der Waals surface area contributed by atoms with Crippen LogP contribution in [-0.4, -0.2) is 36.1 Å². The van der Waals surface area contributed by atoms with Crippen LogP contribution in [0.25, 0.3) is 0 Å². The zero-order valence-electron chi connectivity index (χ0n) is 13.5. The van der Waals surface area contributed by atoms with Crippen molar-refractivity contribution in [2.45, 2.75) is 84.3 Å². The van der Waals surface area contributed by atoms with Gasteiger partial charge in [0.1, 0.15) is 0 Å². The molecule has 112 valence electrons. The van der Waals surface area contributed by atoms with E-state index >= 15 is 0 Å². The summed E-state index contributed by atoms with van der Waals surface area (Å²) in [5.74, 6) is 1.85. The smallest absolute Gasteiger partial charge is 0.00980 e. The van der Waals surface area contributed by atoms with Gasteiger partial charge in [-0.15, -0.1) is 0 Å². The summed E-state index contributed by atoms with van der Waals surface area (Å²) < 4.78 is 0. The van der Waals surface area contributed by atoms with Crippen LogP contribution >= 0.6 is 0 Å². The molecule has 0 radical (unpaired) electrons. The summed E-state index contributed by atoms with van der Waals surface area (Å²) in [6.07, 6.45) is 8.31. The first-order chi connectivity index (χ1) is 9.11. The highest BCUT2D eigenvalue weighted by Gasteiger charge is 2.33. The third-order valence-corrected chi connectivity index (χ3v) is 5.69. The van der Waals surface area contributed by atoms with E-state index in [9.17, 15) is 0 Å². The van der Waals surface area contributed by atoms with E-state index < -0.39 is 0 Å². The lowest BCUT2D eigenvalue weighted by molar-refractivity contribution is 0.227. The Morgan fingerprint density at radius 3 is 2.53 bits per heavy atom. The van der Waals surface area contributed by atoms with Gasteiger partial charge in [-0.25, -0.2) is 0 Å². The first kappa shape index (κ1) is 15.3. The van der Waals surface area contributed by atoms with E-state index in [4.69, 9.17) is 0 Å². The van der Waals surface area contributed by atoms with Crippen LogP contribution in [0.3, 0.4) is 0 Å². The van der Waals surface area contributed by atoms with Crippen LogP contribution in [0.15, 0.2) is 0 Å². The van der Waals surface area contributed by atoms with E-state index in [2.05, 4.69) is 37.9 Å². The van der Waals surface area contributed by atoms with Gasteiger partial charge in [-0.2, -0.15) is 0 Å². The number of likely N-dealkylation sites (tertiary alicyclic amines) is 1. The van der Waals surface area contributed by atoms with Crippen molar-refractivity contribution in [2.75, 3.05) is 13.1 Å². The number of hydrogen-bond acceptors (Lipinski definition) is 2. The Balaban J connectivity index is 1.80. The fourth-order valence-electron chi connectivity index (χ4n) is 4.16. The van der Waals surface area contributed by atoms with Crippen molar-refractivity contribution in [3.05, 3.63) is 0 Å². The Morgan fingerprint density at radius 1 is 1.11 bits per heavy atom. The lowest BCUT2D eigenvalue weighted by Crippen LogP contribution is -2.41. The van der Waals surface area contributed by atoms with Crippen molar-refractivity contribution in [2.24, 2.45) is 11.8 Å². The summed E-state index contributed by atoms with van der Waals surface area (Å²) in [5.41, 5.74) is 0. The fraction of sp³-hybridized carbons (Fsp3) is 1.00. The molecule has 1 saturated carbocycles. The Kier molecular flexibility index (Phi) is 5.70. The van der Waals surface area contributed by atoms with Gasteiger partial charge in [0, 0.05) is 18.1 Å². The average molecular weight is 266 g/mol. The molecule has 1 N–H and O–H groups in total. The maximum absolute atomic E-state index is 4.00. The molecule has 2 fully saturated rings. The predicted molar refractivity (Wildman–Crippen MR) is 83.5 cm³/mol. The first-order valence-electron chi connectivity index (χ1n) is 8.62. The lowest BCUT2D eigenvalue weighted by atomic mass is 9.93. The van der Waals surface area contributed by atoms with Crippen LogP contribution < -0.4 is 5.32 Å². The summed E-state index contributed by atoms with van der Waals surface area (Å²) in [4.78, 5) is 2.65. The monoisotopic (exact) mass is 266 g/mol. The van der Waals surface area contributed by atoms with Gasteiger partial charge < -0.3 is 10.2 Å². The Hall–Kier alpha value is -0.0800. The molecule has 1 heterocycles. The van der Waals surface area contributed by atoms with E-state index in [0.29, 0.717) is 6.04 Å². The van der Waals surface area contributed by atoms with Crippen LogP contribution in [0.5, 0.6) is 0 Å². The van der Waals surface area contributed by atoms with Crippen molar-refractivity contribution in [1.82, 2.24) is 10.2 Å². The van der Waals surface area contributed by atoms with Crippen LogP contribution in [0, 0.1) is 11.8 Å². The summed E-state index contributed by atoms with van der Waals surface area (Å²) >= 11 is 0. The SMILES string of the molecule is CCC1CCC(NC2CCCN(C(C)C)CC2)C1C. The van der Waals surface area contributed by atoms with Crippen molar-refractivity contribution >= 4 is 0 Å². The standard InChI is InChI=1S/C17H34N2/c1-5-15-8-9-17(14(15)4)18-16-7-6-11-19(12-10-16)13(2)3/h13-18H,5-12H2,1-4H3. The molecule has 0 bridgehead atoms. The quantitative estimate of drug-likeness (QED) is 0.835. The number of nitrogens with zero attached hydrogens (tertiary/aromatic N) is 1.